The summed E-state index contributed by atoms with van der Waals surface area (Å²) in [5, 5.41) is 2.92. The van der Waals surface area contributed by atoms with Gasteiger partial charge in [-0.1, -0.05) is 19.4 Å². The van der Waals surface area contributed by atoms with Crippen molar-refractivity contribution < 1.29 is 19.0 Å². The Morgan fingerprint density at radius 2 is 2.11 bits per heavy atom. The van der Waals surface area contributed by atoms with Crippen LogP contribution in [-0.4, -0.2) is 36.8 Å². The van der Waals surface area contributed by atoms with Gasteiger partial charge >= 0.3 is 0 Å². The van der Waals surface area contributed by atoms with E-state index in [1.807, 2.05) is 24.3 Å². The number of rotatable bonds is 10. The van der Waals surface area contributed by atoms with Crippen LogP contribution in [0.5, 0.6) is 11.6 Å². The van der Waals surface area contributed by atoms with Crippen LogP contribution in [0, 0.1) is 0 Å². The second-order valence-corrected chi connectivity index (χ2v) is 6.82. The maximum absolute atomic E-state index is 12.4. The number of ether oxygens (including phenoxy) is 3. The summed E-state index contributed by atoms with van der Waals surface area (Å²) in [6.45, 7) is 4.47. The van der Waals surface area contributed by atoms with E-state index in [0.717, 1.165) is 43.6 Å². The number of carbonyl (C=O) groups excluding carboxylic acids is 1. The second kappa shape index (κ2) is 10.7. The topological polar surface area (TPSA) is 69.7 Å². The Balaban J connectivity index is 1.49. The van der Waals surface area contributed by atoms with Crippen molar-refractivity contribution in [2.75, 3.05) is 19.8 Å². The van der Waals surface area contributed by atoms with Gasteiger partial charge in [0.2, 0.25) is 5.88 Å². The van der Waals surface area contributed by atoms with Gasteiger partial charge in [-0.3, -0.25) is 4.79 Å². The zero-order chi connectivity index (χ0) is 19.6. The molecule has 1 aliphatic rings. The van der Waals surface area contributed by atoms with Gasteiger partial charge in [0, 0.05) is 30.5 Å². The number of amides is 1. The molecule has 0 radical (unpaired) electrons. The lowest BCUT2D eigenvalue weighted by Crippen LogP contribution is -2.23. The van der Waals surface area contributed by atoms with E-state index in [1.165, 1.54) is 0 Å². The molecular weight excluding hydrogens is 356 g/mol. The summed E-state index contributed by atoms with van der Waals surface area (Å²) < 4.78 is 17.0. The molecule has 1 fully saturated rings. The number of unbranched alkanes of at least 4 members (excludes halogenated alkanes) is 1. The monoisotopic (exact) mass is 384 g/mol. The van der Waals surface area contributed by atoms with E-state index in [4.69, 9.17) is 14.2 Å². The average molecular weight is 384 g/mol. The molecule has 1 atom stereocenters. The summed E-state index contributed by atoms with van der Waals surface area (Å²) in [6.07, 6.45) is 6.04. The van der Waals surface area contributed by atoms with Crippen LogP contribution in [0.3, 0.4) is 0 Å². The molecule has 0 aliphatic carbocycles. The maximum atomic E-state index is 12.4. The van der Waals surface area contributed by atoms with Crippen LogP contribution in [0.1, 0.15) is 48.5 Å². The Bertz CT molecular complexity index is 742. The Morgan fingerprint density at radius 1 is 1.25 bits per heavy atom. The highest BCUT2D eigenvalue weighted by Crippen LogP contribution is 2.17. The number of aromatic nitrogens is 1. The predicted molar refractivity (Wildman–Crippen MR) is 107 cm³/mol. The van der Waals surface area contributed by atoms with Crippen LogP contribution in [0.15, 0.2) is 42.6 Å². The molecule has 1 N–H and O–H groups in total. The van der Waals surface area contributed by atoms with E-state index in [-0.39, 0.29) is 12.0 Å². The third-order valence-electron chi connectivity index (χ3n) is 4.60. The van der Waals surface area contributed by atoms with Crippen molar-refractivity contribution in [1.29, 1.82) is 0 Å². The second-order valence-electron chi connectivity index (χ2n) is 6.82. The van der Waals surface area contributed by atoms with Crippen molar-refractivity contribution in [3.05, 3.63) is 53.7 Å². The largest absolute Gasteiger partial charge is 0.491 e. The molecule has 1 aliphatic heterocycles. The predicted octanol–water partition coefficient (Wildman–Crippen LogP) is 3.75. The van der Waals surface area contributed by atoms with Crippen LogP contribution in [0.2, 0.25) is 0 Å². The first kappa shape index (κ1) is 20.1. The lowest BCUT2D eigenvalue weighted by Gasteiger charge is -2.12. The van der Waals surface area contributed by atoms with E-state index in [1.54, 1.807) is 18.3 Å². The standard InChI is InChI=1S/C22H28N2O4/c1-2-3-13-27-22-18(6-4-12-23-22)15-24-21(25)17-8-10-19(11-9-17)28-16-20-7-5-14-26-20/h4,6,8-12,20H,2-3,5,7,13-16H2,1H3,(H,24,25). The quantitative estimate of drug-likeness (QED) is 0.632. The molecule has 0 spiro atoms. The van der Waals surface area contributed by atoms with Gasteiger partial charge in [-0.15, -0.1) is 0 Å². The summed E-state index contributed by atoms with van der Waals surface area (Å²) in [5.41, 5.74) is 1.45. The van der Waals surface area contributed by atoms with Gasteiger partial charge in [0.25, 0.3) is 5.91 Å². The average Bonchev–Trinajstić information content (AvgIpc) is 3.25. The van der Waals surface area contributed by atoms with Crippen LogP contribution in [0.25, 0.3) is 0 Å². The molecule has 150 valence electrons. The molecule has 2 heterocycles. The number of benzene rings is 1. The first-order valence-corrected chi connectivity index (χ1v) is 9.95. The van der Waals surface area contributed by atoms with Crippen LogP contribution >= 0.6 is 0 Å². The van der Waals surface area contributed by atoms with Crippen LogP contribution in [0.4, 0.5) is 0 Å². The maximum Gasteiger partial charge on any atom is 0.251 e. The third kappa shape index (κ3) is 5.96. The summed E-state index contributed by atoms with van der Waals surface area (Å²) in [4.78, 5) is 16.7. The molecule has 2 aromatic rings. The van der Waals surface area contributed by atoms with E-state index in [0.29, 0.717) is 31.2 Å². The van der Waals surface area contributed by atoms with Gasteiger partial charge < -0.3 is 19.5 Å². The highest BCUT2D eigenvalue weighted by Gasteiger charge is 2.16. The zero-order valence-electron chi connectivity index (χ0n) is 16.4. The molecular formula is C22H28N2O4. The first-order valence-electron chi connectivity index (χ1n) is 9.95. The lowest BCUT2D eigenvalue weighted by molar-refractivity contribution is 0.0679. The molecule has 6 heteroatoms. The summed E-state index contributed by atoms with van der Waals surface area (Å²) >= 11 is 0. The Labute approximate surface area is 166 Å². The highest BCUT2D eigenvalue weighted by atomic mass is 16.5. The Morgan fingerprint density at radius 3 is 2.86 bits per heavy atom. The fraction of sp³-hybridized carbons (Fsp3) is 0.455. The number of nitrogens with one attached hydrogen (secondary N) is 1. The number of pyridine rings is 1. The fourth-order valence-corrected chi connectivity index (χ4v) is 2.95. The van der Waals surface area contributed by atoms with Crippen molar-refractivity contribution in [2.45, 2.75) is 45.3 Å². The minimum absolute atomic E-state index is 0.144. The van der Waals surface area contributed by atoms with E-state index < -0.39 is 0 Å². The number of hydrogen-bond acceptors (Lipinski definition) is 5. The van der Waals surface area contributed by atoms with Crippen LogP contribution < -0.4 is 14.8 Å². The molecule has 3 rings (SSSR count). The van der Waals surface area contributed by atoms with Gasteiger partial charge in [-0.05, 0) is 49.6 Å². The van der Waals surface area contributed by atoms with Gasteiger partial charge in [0.1, 0.15) is 12.4 Å². The highest BCUT2D eigenvalue weighted by molar-refractivity contribution is 5.94. The van der Waals surface area contributed by atoms with Crippen molar-refractivity contribution in [3.63, 3.8) is 0 Å². The number of carbonyl (C=O) groups is 1. The lowest BCUT2D eigenvalue weighted by atomic mass is 10.2. The molecule has 1 amide bonds. The molecule has 0 bridgehead atoms. The Kier molecular flexibility index (Phi) is 7.67. The summed E-state index contributed by atoms with van der Waals surface area (Å²) in [7, 11) is 0. The molecule has 0 saturated carbocycles. The minimum atomic E-state index is -0.144. The molecule has 1 aromatic carbocycles. The minimum Gasteiger partial charge on any atom is -0.491 e. The molecule has 6 nitrogen and oxygen atoms in total. The van der Waals surface area contributed by atoms with Crippen molar-refractivity contribution in [1.82, 2.24) is 10.3 Å². The van der Waals surface area contributed by atoms with E-state index in [9.17, 15) is 4.79 Å². The third-order valence-corrected chi connectivity index (χ3v) is 4.60. The van der Waals surface area contributed by atoms with Crippen molar-refractivity contribution >= 4 is 5.91 Å². The Hall–Kier alpha value is -2.60. The van der Waals surface area contributed by atoms with Gasteiger partial charge in [-0.25, -0.2) is 4.98 Å². The van der Waals surface area contributed by atoms with Crippen LogP contribution in [-0.2, 0) is 11.3 Å². The molecule has 1 saturated heterocycles. The smallest absolute Gasteiger partial charge is 0.251 e. The number of nitrogens with zero attached hydrogens (tertiary/aromatic N) is 1. The van der Waals surface area contributed by atoms with Gasteiger partial charge in [0.05, 0.1) is 12.7 Å². The molecule has 28 heavy (non-hydrogen) atoms. The normalized spacial score (nSPS) is 16.0. The van der Waals surface area contributed by atoms with Gasteiger partial charge in [0.15, 0.2) is 0 Å². The fourth-order valence-electron chi connectivity index (χ4n) is 2.95. The molecule has 1 unspecified atom stereocenters. The zero-order valence-corrected chi connectivity index (χ0v) is 16.4. The molecule has 1 aromatic heterocycles. The number of hydrogen-bond donors (Lipinski definition) is 1. The summed E-state index contributed by atoms with van der Waals surface area (Å²) in [6, 6.07) is 10.9. The SMILES string of the molecule is CCCCOc1ncccc1CNC(=O)c1ccc(OCC2CCCO2)cc1. The summed E-state index contributed by atoms with van der Waals surface area (Å²) in [5.74, 6) is 1.18. The van der Waals surface area contributed by atoms with Crippen molar-refractivity contribution in [3.8, 4) is 11.6 Å². The van der Waals surface area contributed by atoms with E-state index >= 15 is 0 Å². The van der Waals surface area contributed by atoms with E-state index in [2.05, 4.69) is 17.2 Å². The van der Waals surface area contributed by atoms with Gasteiger partial charge in [-0.2, -0.15) is 0 Å². The first-order chi connectivity index (χ1) is 13.8. The van der Waals surface area contributed by atoms with Crippen molar-refractivity contribution in [2.24, 2.45) is 0 Å².